The van der Waals surface area contributed by atoms with Gasteiger partial charge in [-0.25, -0.2) is 9.59 Å². The van der Waals surface area contributed by atoms with Gasteiger partial charge in [-0.15, -0.1) is 16.9 Å². The molecule has 3 amide bonds. The molecule has 2 rings (SSSR count). The van der Waals surface area contributed by atoms with E-state index in [0.29, 0.717) is 12.1 Å². The number of nitrogens with one attached hydrogen (secondary N) is 4. The van der Waals surface area contributed by atoms with Crippen molar-refractivity contribution in [2.75, 3.05) is 12.8 Å². The van der Waals surface area contributed by atoms with Crippen LogP contribution in [0.4, 0.5) is 10.5 Å². The monoisotopic (exact) mass is 499 g/mol. The number of benzene rings is 2. The molecular formula is C23H29N7O4S. The summed E-state index contributed by atoms with van der Waals surface area (Å²) < 4.78 is 0. The Kier molecular flexibility index (Phi) is 11.2. The Morgan fingerprint density at radius 2 is 1.74 bits per heavy atom. The summed E-state index contributed by atoms with van der Waals surface area (Å²) in [6.45, 7) is 0.289. The fraction of sp³-hybridized carbons (Fsp3) is 0.304. The van der Waals surface area contributed by atoms with Gasteiger partial charge in [-0.05, 0) is 48.9 Å². The number of rotatable bonds is 12. The van der Waals surface area contributed by atoms with Gasteiger partial charge in [-0.1, -0.05) is 35.4 Å². The minimum Gasteiger partial charge on any atom is -0.480 e. The van der Waals surface area contributed by atoms with Crippen LogP contribution in [0.25, 0.3) is 0 Å². The first-order chi connectivity index (χ1) is 16.8. The predicted molar refractivity (Wildman–Crippen MR) is 134 cm³/mol. The maximum atomic E-state index is 13.0. The summed E-state index contributed by atoms with van der Waals surface area (Å²) in [4.78, 5) is 38.1. The van der Waals surface area contributed by atoms with E-state index in [1.807, 2.05) is 24.5 Å². The summed E-state index contributed by atoms with van der Waals surface area (Å²) in [5.41, 5.74) is 6.46. The number of urea groups is 1. The molecule has 0 bridgehead atoms. The fourth-order valence-corrected chi connectivity index (χ4v) is 3.46. The Balaban J connectivity index is 2.07. The highest BCUT2D eigenvalue weighted by Gasteiger charge is 2.26. The summed E-state index contributed by atoms with van der Waals surface area (Å²) in [6, 6.07) is 13.1. The lowest BCUT2D eigenvalue weighted by molar-refractivity contribution is -0.142. The molecule has 7 N–H and O–H groups in total. The molecule has 186 valence electrons. The smallest absolute Gasteiger partial charge is 0.360 e. The van der Waals surface area contributed by atoms with Crippen molar-refractivity contribution in [2.24, 2.45) is 16.0 Å². The minimum absolute atomic E-state index is 0.110. The van der Waals surface area contributed by atoms with Gasteiger partial charge in [-0.2, -0.15) is 0 Å². The quantitative estimate of drug-likeness (QED) is 0.0852. The molecule has 12 heteroatoms. The lowest BCUT2D eigenvalue weighted by Crippen LogP contribution is -2.52. The van der Waals surface area contributed by atoms with Crippen LogP contribution in [-0.4, -0.2) is 53.9 Å². The molecule has 2 atom stereocenters. The summed E-state index contributed by atoms with van der Waals surface area (Å²) in [5, 5.41) is 31.8. The molecule has 0 heterocycles. The SMILES string of the molecule is CSc1ccc(/N=N/C(=O)NC(Cc2ccccc2)C(=O)NC(CCCNC(=N)N)C(=O)O)cc1. The van der Waals surface area contributed by atoms with Crippen LogP contribution in [0.2, 0.25) is 0 Å². The number of carbonyl (C=O) groups is 3. The molecule has 0 saturated heterocycles. The average molecular weight is 500 g/mol. The Morgan fingerprint density at radius 3 is 2.34 bits per heavy atom. The van der Waals surface area contributed by atoms with Gasteiger partial charge in [0.15, 0.2) is 5.96 Å². The topological polar surface area (TPSA) is 182 Å². The molecule has 11 nitrogen and oxygen atoms in total. The van der Waals surface area contributed by atoms with E-state index in [2.05, 4.69) is 26.2 Å². The molecule has 0 aliphatic heterocycles. The number of amides is 3. The van der Waals surface area contributed by atoms with E-state index in [1.165, 1.54) is 0 Å². The molecule has 0 aromatic heterocycles. The summed E-state index contributed by atoms with van der Waals surface area (Å²) >= 11 is 1.57. The highest BCUT2D eigenvalue weighted by atomic mass is 32.2. The normalized spacial score (nSPS) is 12.5. The van der Waals surface area contributed by atoms with Gasteiger partial charge < -0.3 is 26.8 Å². The molecule has 0 radical (unpaired) electrons. The van der Waals surface area contributed by atoms with Crippen molar-refractivity contribution in [1.82, 2.24) is 16.0 Å². The number of nitrogens with two attached hydrogens (primary N) is 1. The maximum absolute atomic E-state index is 13.0. The zero-order valence-corrected chi connectivity index (χ0v) is 20.0. The number of carboxylic acid groups (broad SMARTS) is 1. The van der Waals surface area contributed by atoms with Crippen LogP contribution in [0.3, 0.4) is 0 Å². The van der Waals surface area contributed by atoms with Crippen molar-refractivity contribution in [3.63, 3.8) is 0 Å². The zero-order chi connectivity index (χ0) is 25.6. The van der Waals surface area contributed by atoms with E-state index < -0.39 is 30.0 Å². The van der Waals surface area contributed by atoms with E-state index in [4.69, 9.17) is 11.1 Å². The second-order valence-electron chi connectivity index (χ2n) is 7.47. The number of azo groups is 1. The largest absolute Gasteiger partial charge is 0.480 e. The molecule has 35 heavy (non-hydrogen) atoms. The summed E-state index contributed by atoms with van der Waals surface area (Å²) in [6.07, 6.45) is 2.55. The number of carboxylic acids is 1. The van der Waals surface area contributed by atoms with Gasteiger partial charge >= 0.3 is 12.0 Å². The number of guanidine groups is 1. The van der Waals surface area contributed by atoms with Crippen LogP contribution in [0.15, 0.2) is 69.7 Å². The standard InChI is InChI=1S/C23H29N7O4S/c1-35-17-11-9-16(10-12-17)29-30-23(34)28-19(14-15-6-3-2-4-7-15)20(31)27-18(21(32)33)8-5-13-26-22(24)25/h2-4,6-7,9-12,18-19H,5,8,13-14H2,1H3,(H,27,31)(H,28,34)(H,32,33)(H4,24,25,26)/b30-29+. The zero-order valence-electron chi connectivity index (χ0n) is 19.2. The van der Waals surface area contributed by atoms with Crippen LogP contribution in [0.5, 0.6) is 0 Å². The minimum atomic E-state index is -1.21. The van der Waals surface area contributed by atoms with Crippen LogP contribution >= 0.6 is 11.8 Å². The number of hydrogen-bond acceptors (Lipinski definition) is 6. The molecular weight excluding hydrogens is 470 g/mol. The third-order valence-electron chi connectivity index (χ3n) is 4.83. The van der Waals surface area contributed by atoms with Gasteiger partial charge in [0.25, 0.3) is 0 Å². The molecule has 2 aromatic carbocycles. The average Bonchev–Trinajstić information content (AvgIpc) is 2.84. The lowest BCUT2D eigenvalue weighted by Gasteiger charge is -2.21. The van der Waals surface area contributed by atoms with Crippen molar-refractivity contribution >= 4 is 41.3 Å². The van der Waals surface area contributed by atoms with E-state index in [9.17, 15) is 19.5 Å². The van der Waals surface area contributed by atoms with Crippen LogP contribution in [0.1, 0.15) is 18.4 Å². The van der Waals surface area contributed by atoms with Crippen LogP contribution in [-0.2, 0) is 16.0 Å². The van der Waals surface area contributed by atoms with Crippen LogP contribution in [0, 0.1) is 5.41 Å². The highest BCUT2D eigenvalue weighted by Crippen LogP contribution is 2.19. The third kappa shape index (κ3) is 10.3. The number of thioether (sulfide) groups is 1. The number of aliphatic carboxylic acids is 1. The first-order valence-corrected chi connectivity index (χ1v) is 12.0. The van der Waals surface area contributed by atoms with Gasteiger partial charge in [0.05, 0.1) is 5.69 Å². The van der Waals surface area contributed by atoms with Crippen LogP contribution < -0.4 is 21.7 Å². The van der Waals surface area contributed by atoms with Gasteiger partial charge in [0.2, 0.25) is 5.91 Å². The lowest BCUT2D eigenvalue weighted by atomic mass is 10.0. The second kappa shape index (κ2) is 14.4. The first-order valence-electron chi connectivity index (χ1n) is 10.8. The summed E-state index contributed by atoms with van der Waals surface area (Å²) in [7, 11) is 0. The van der Waals surface area contributed by atoms with Crippen molar-refractivity contribution in [3.8, 4) is 0 Å². The van der Waals surface area contributed by atoms with Crippen molar-refractivity contribution in [3.05, 3.63) is 60.2 Å². The second-order valence-corrected chi connectivity index (χ2v) is 8.35. The number of carbonyl (C=O) groups excluding carboxylic acids is 2. The molecule has 0 aliphatic carbocycles. The highest BCUT2D eigenvalue weighted by molar-refractivity contribution is 7.98. The Hall–Kier alpha value is -3.93. The molecule has 0 spiro atoms. The molecule has 2 unspecified atom stereocenters. The Morgan fingerprint density at radius 1 is 1.06 bits per heavy atom. The molecule has 0 fully saturated rings. The first kappa shape index (κ1) is 27.3. The van der Waals surface area contributed by atoms with E-state index >= 15 is 0 Å². The van der Waals surface area contributed by atoms with E-state index in [0.717, 1.165) is 10.5 Å². The van der Waals surface area contributed by atoms with E-state index in [1.54, 1.807) is 48.2 Å². The van der Waals surface area contributed by atoms with Gasteiger partial charge in [0, 0.05) is 17.9 Å². The number of nitrogens with zero attached hydrogens (tertiary/aromatic N) is 2. The van der Waals surface area contributed by atoms with Crippen molar-refractivity contribution < 1.29 is 19.5 Å². The Bertz CT molecular complexity index is 1030. The third-order valence-corrected chi connectivity index (χ3v) is 5.57. The molecule has 2 aromatic rings. The van der Waals surface area contributed by atoms with Gasteiger partial charge in [-0.3, -0.25) is 10.2 Å². The summed E-state index contributed by atoms with van der Waals surface area (Å²) in [5.74, 6) is -2.09. The number of hydrogen-bond donors (Lipinski definition) is 6. The Labute approximate surface area is 207 Å². The van der Waals surface area contributed by atoms with E-state index in [-0.39, 0.29) is 25.3 Å². The van der Waals surface area contributed by atoms with Gasteiger partial charge in [0.1, 0.15) is 12.1 Å². The molecule has 0 aliphatic rings. The maximum Gasteiger partial charge on any atom is 0.360 e. The van der Waals surface area contributed by atoms with Crippen molar-refractivity contribution in [2.45, 2.75) is 36.2 Å². The molecule has 0 saturated carbocycles. The fourth-order valence-electron chi connectivity index (χ4n) is 3.05. The van der Waals surface area contributed by atoms with Crippen molar-refractivity contribution in [1.29, 1.82) is 5.41 Å². The predicted octanol–water partition coefficient (Wildman–Crippen LogP) is 2.65.